The minimum atomic E-state index is -0.0966. The van der Waals surface area contributed by atoms with Crippen molar-refractivity contribution in [3.63, 3.8) is 0 Å². The van der Waals surface area contributed by atoms with Gasteiger partial charge in [0.2, 0.25) is 0 Å². The Morgan fingerprint density at radius 3 is 2.87 bits per heavy atom. The van der Waals surface area contributed by atoms with Crippen LogP contribution in [-0.4, -0.2) is 12.6 Å². The number of benzene rings is 1. The number of alkyl halides is 1. The van der Waals surface area contributed by atoms with E-state index in [-0.39, 0.29) is 5.82 Å². The predicted molar refractivity (Wildman–Crippen MR) is 65.1 cm³/mol. The molecule has 82 valence electrons. The molecule has 1 aliphatic heterocycles. The quantitative estimate of drug-likeness (QED) is 0.742. The van der Waals surface area contributed by atoms with Crippen molar-refractivity contribution in [3.05, 3.63) is 29.6 Å². The van der Waals surface area contributed by atoms with Gasteiger partial charge in [-0.3, -0.25) is 0 Å². The smallest absolute Gasteiger partial charge is 0.146 e. The Labute approximate surface area is 98.4 Å². The van der Waals surface area contributed by atoms with Crippen molar-refractivity contribution in [1.82, 2.24) is 0 Å². The molecule has 1 heterocycles. The van der Waals surface area contributed by atoms with Crippen molar-refractivity contribution in [2.75, 3.05) is 11.4 Å². The van der Waals surface area contributed by atoms with Gasteiger partial charge in [-0.05, 0) is 37.5 Å². The highest BCUT2D eigenvalue weighted by Crippen LogP contribution is 2.28. The lowest BCUT2D eigenvalue weighted by Gasteiger charge is -2.24. The fraction of sp³-hybridized carbons (Fsp3) is 0.500. The SMILES string of the molecule is CC1CCCN1c1ccc(CBr)cc1F. The largest absolute Gasteiger partial charge is 0.366 e. The van der Waals surface area contributed by atoms with Gasteiger partial charge in [-0.25, -0.2) is 4.39 Å². The molecule has 0 spiro atoms. The highest BCUT2D eigenvalue weighted by Gasteiger charge is 2.22. The first kappa shape index (κ1) is 10.9. The molecule has 0 saturated carbocycles. The molecule has 1 saturated heterocycles. The number of hydrogen-bond acceptors (Lipinski definition) is 1. The molecule has 1 aromatic rings. The topological polar surface area (TPSA) is 3.24 Å². The normalized spacial score (nSPS) is 21.0. The maximum Gasteiger partial charge on any atom is 0.146 e. The number of anilines is 1. The Hall–Kier alpha value is -0.570. The monoisotopic (exact) mass is 271 g/mol. The molecule has 0 bridgehead atoms. The van der Waals surface area contributed by atoms with Crippen molar-refractivity contribution in [2.45, 2.75) is 31.1 Å². The number of halogens is 2. The summed E-state index contributed by atoms with van der Waals surface area (Å²) in [6, 6.07) is 5.97. The molecule has 1 fully saturated rings. The van der Waals surface area contributed by atoms with Crippen LogP contribution in [0.15, 0.2) is 18.2 Å². The van der Waals surface area contributed by atoms with Gasteiger partial charge in [0, 0.05) is 17.9 Å². The number of hydrogen-bond donors (Lipinski definition) is 0. The summed E-state index contributed by atoms with van der Waals surface area (Å²) in [5, 5.41) is 0.708. The van der Waals surface area contributed by atoms with Crippen LogP contribution in [0.5, 0.6) is 0 Å². The summed E-state index contributed by atoms with van der Waals surface area (Å²) in [6.07, 6.45) is 2.33. The van der Waals surface area contributed by atoms with E-state index >= 15 is 0 Å². The maximum absolute atomic E-state index is 13.8. The molecule has 1 atom stereocenters. The summed E-state index contributed by atoms with van der Waals surface area (Å²) in [4.78, 5) is 2.16. The van der Waals surface area contributed by atoms with Gasteiger partial charge < -0.3 is 4.90 Å². The van der Waals surface area contributed by atoms with Gasteiger partial charge in [0.05, 0.1) is 5.69 Å². The molecule has 1 aliphatic rings. The van der Waals surface area contributed by atoms with Gasteiger partial charge in [0.1, 0.15) is 5.82 Å². The van der Waals surface area contributed by atoms with Gasteiger partial charge in [-0.15, -0.1) is 0 Å². The summed E-state index contributed by atoms with van der Waals surface area (Å²) in [5.74, 6) is -0.0966. The lowest BCUT2D eigenvalue weighted by Crippen LogP contribution is -2.27. The van der Waals surface area contributed by atoms with Crippen LogP contribution in [0.2, 0.25) is 0 Å². The number of rotatable bonds is 2. The second-order valence-electron chi connectivity index (χ2n) is 4.10. The van der Waals surface area contributed by atoms with Crippen molar-refractivity contribution in [1.29, 1.82) is 0 Å². The Morgan fingerprint density at radius 2 is 2.33 bits per heavy atom. The molecule has 0 radical (unpaired) electrons. The first-order valence-corrected chi connectivity index (χ1v) is 6.45. The summed E-state index contributed by atoms with van der Waals surface area (Å²) in [7, 11) is 0. The maximum atomic E-state index is 13.8. The highest BCUT2D eigenvalue weighted by atomic mass is 79.9. The van der Waals surface area contributed by atoms with E-state index in [0.717, 1.165) is 17.8 Å². The first-order valence-electron chi connectivity index (χ1n) is 5.33. The van der Waals surface area contributed by atoms with E-state index in [0.29, 0.717) is 11.4 Å². The van der Waals surface area contributed by atoms with E-state index in [9.17, 15) is 4.39 Å². The van der Waals surface area contributed by atoms with Gasteiger partial charge in [0.25, 0.3) is 0 Å². The van der Waals surface area contributed by atoms with Crippen molar-refractivity contribution < 1.29 is 4.39 Å². The molecule has 0 aliphatic carbocycles. The Balaban J connectivity index is 2.28. The Bertz CT molecular complexity index is 353. The van der Waals surface area contributed by atoms with Crippen LogP contribution in [0.4, 0.5) is 10.1 Å². The van der Waals surface area contributed by atoms with E-state index in [1.54, 1.807) is 6.07 Å². The zero-order valence-electron chi connectivity index (χ0n) is 8.84. The van der Waals surface area contributed by atoms with Crippen LogP contribution in [0.25, 0.3) is 0 Å². The molecule has 15 heavy (non-hydrogen) atoms. The molecule has 1 unspecified atom stereocenters. The fourth-order valence-corrected chi connectivity index (χ4v) is 2.51. The summed E-state index contributed by atoms with van der Waals surface area (Å²) < 4.78 is 13.8. The summed E-state index contributed by atoms with van der Waals surface area (Å²) >= 11 is 3.33. The van der Waals surface area contributed by atoms with Crippen LogP contribution in [-0.2, 0) is 5.33 Å². The third kappa shape index (κ3) is 2.17. The second kappa shape index (κ2) is 4.52. The second-order valence-corrected chi connectivity index (χ2v) is 4.66. The average molecular weight is 272 g/mol. The zero-order valence-corrected chi connectivity index (χ0v) is 10.4. The van der Waals surface area contributed by atoms with Crippen LogP contribution in [0.1, 0.15) is 25.3 Å². The molecule has 0 aromatic heterocycles. The van der Waals surface area contributed by atoms with Crippen LogP contribution in [0.3, 0.4) is 0 Å². The first-order chi connectivity index (χ1) is 7.22. The van der Waals surface area contributed by atoms with Gasteiger partial charge in [0.15, 0.2) is 0 Å². The minimum Gasteiger partial charge on any atom is -0.366 e. The Morgan fingerprint density at radius 1 is 1.53 bits per heavy atom. The molecule has 1 nitrogen and oxygen atoms in total. The van der Waals surface area contributed by atoms with Crippen LogP contribution in [0, 0.1) is 5.82 Å². The van der Waals surface area contributed by atoms with Crippen LogP contribution < -0.4 is 4.90 Å². The van der Waals surface area contributed by atoms with E-state index in [1.807, 2.05) is 12.1 Å². The molecule has 1 aromatic carbocycles. The van der Waals surface area contributed by atoms with E-state index in [4.69, 9.17) is 0 Å². The third-order valence-corrected chi connectivity index (χ3v) is 3.68. The molecule has 0 N–H and O–H groups in total. The van der Waals surface area contributed by atoms with Crippen molar-refractivity contribution in [3.8, 4) is 0 Å². The zero-order chi connectivity index (χ0) is 10.8. The number of nitrogens with zero attached hydrogens (tertiary/aromatic N) is 1. The standard InChI is InChI=1S/C12H15BrFN/c1-9-3-2-6-15(9)12-5-4-10(8-13)7-11(12)14/h4-5,7,9H,2-3,6,8H2,1H3. The molecule has 2 rings (SSSR count). The summed E-state index contributed by atoms with van der Waals surface area (Å²) in [5.41, 5.74) is 1.74. The average Bonchev–Trinajstić information content (AvgIpc) is 2.64. The Kier molecular flexibility index (Phi) is 3.29. The molecular weight excluding hydrogens is 257 g/mol. The summed E-state index contributed by atoms with van der Waals surface area (Å²) in [6.45, 7) is 3.14. The van der Waals surface area contributed by atoms with Crippen LogP contribution >= 0.6 is 15.9 Å². The lowest BCUT2D eigenvalue weighted by atomic mass is 10.2. The van der Waals surface area contributed by atoms with Gasteiger partial charge >= 0.3 is 0 Å². The molecule has 3 heteroatoms. The third-order valence-electron chi connectivity index (χ3n) is 3.03. The van der Waals surface area contributed by atoms with Gasteiger partial charge in [-0.1, -0.05) is 22.0 Å². The van der Waals surface area contributed by atoms with Crippen molar-refractivity contribution in [2.24, 2.45) is 0 Å². The molecule has 0 amide bonds. The van der Waals surface area contributed by atoms with E-state index in [1.165, 1.54) is 12.8 Å². The van der Waals surface area contributed by atoms with E-state index < -0.39 is 0 Å². The predicted octanol–water partition coefficient (Wildman–Crippen LogP) is 3.71. The molecular formula is C12H15BrFN. The van der Waals surface area contributed by atoms with E-state index in [2.05, 4.69) is 27.8 Å². The highest BCUT2D eigenvalue weighted by molar-refractivity contribution is 9.08. The van der Waals surface area contributed by atoms with Crippen molar-refractivity contribution >= 4 is 21.6 Å². The lowest BCUT2D eigenvalue weighted by molar-refractivity contribution is 0.612. The fourth-order valence-electron chi connectivity index (χ4n) is 2.16. The van der Waals surface area contributed by atoms with Gasteiger partial charge in [-0.2, -0.15) is 0 Å². The minimum absolute atomic E-state index is 0.0966.